The first-order valence-electron chi connectivity index (χ1n) is 10.1. The molecule has 4 rings (SSSR count). The molecule has 0 aliphatic carbocycles. The topological polar surface area (TPSA) is 67.2 Å². The van der Waals surface area contributed by atoms with E-state index in [2.05, 4.69) is 11.8 Å². The van der Waals surface area contributed by atoms with Crippen LogP contribution in [-0.4, -0.2) is 57.4 Å². The van der Waals surface area contributed by atoms with Crippen molar-refractivity contribution < 1.29 is 9.53 Å². The first-order valence-corrected chi connectivity index (χ1v) is 11.3. The average molecular weight is 445 g/mol. The summed E-state index contributed by atoms with van der Waals surface area (Å²) in [5.41, 5.74) is 1.76. The maximum absolute atomic E-state index is 13.4. The average Bonchev–Trinajstić information content (AvgIpc) is 3.02. The molecular weight excluding hydrogens is 420 g/mol. The van der Waals surface area contributed by atoms with Crippen LogP contribution in [0.5, 0.6) is 0 Å². The van der Waals surface area contributed by atoms with E-state index in [9.17, 15) is 9.59 Å². The number of hydrogen-bond donors (Lipinski definition) is 0. The summed E-state index contributed by atoms with van der Waals surface area (Å²) in [5.74, 6) is 0.455. The Morgan fingerprint density at radius 1 is 1.30 bits per heavy atom. The summed E-state index contributed by atoms with van der Waals surface area (Å²) < 4.78 is 7.55. The number of thiocarbonyl (C=S) groups is 1. The highest BCUT2D eigenvalue weighted by molar-refractivity contribution is 8.26. The molecule has 2 fully saturated rings. The number of amides is 1. The van der Waals surface area contributed by atoms with Crippen molar-refractivity contribution in [3.63, 3.8) is 0 Å². The van der Waals surface area contributed by atoms with E-state index in [0.717, 1.165) is 18.4 Å². The second-order valence-corrected chi connectivity index (χ2v) is 9.00. The molecule has 7 nitrogen and oxygen atoms in total. The summed E-state index contributed by atoms with van der Waals surface area (Å²) in [6, 6.07) is 3.76. The van der Waals surface area contributed by atoms with Gasteiger partial charge in [0.25, 0.3) is 11.5 Å². The van der Waals surface area contributed by atoms with Crippen molar-refractivity contribution >= 4 is 51.7 Å². The number of morpholine rings is 1. The van der Waals surface area contributed by atoms with Gasteiger partial charge in [0.05, 0.1) is 23.7 Å². The maximum atomic E-state index is 13.4. The lowest BCUT2D eigenvalue weighted by Gasteiger charge is -2.29. The highest BCUT2D eigenvalue weighted by Crippen LogP contribution is 2.33. The van der Waals surface area contributed by atoms with E-state index in [-0.39, 0.29) is 11.5 Å². The minimum atomic E-state index is -0.191. The fourth-order valence-corrected chi connectivity index (χ4v) is 4.87. The SMILES string of the molecule is CCCCN1C(=O)/C(=C\c2c(N3CCOCC3)nc3c(C)cccn3c2=O)SC1=S. The van der Waals surface area contributed by atoms with Gasteiger partial charge in [0.2, 0.25) is 0 Å². The standard InChI is InChI=1S/C21H24N4O3S2/c1-3-4-7-25-20(27)16(30-21(25)29)13-15-18(23-9-11-28-12-10-23)22-17-14(2)6-5-8-24(17)19(15)26/h5-6,8,13H,3-4,7,9-12H2,1-2H3/b16-13+. The Hall–Kier alpha value is -2.23. The number of hydrogen-bond acceptors (Lipinski definition) is 7. The Balaban J connectivity index is 1.84. The minimum absolute atomic E-state index is 0.139. The van der Waals surface area contributed by atoms with E-state index >= 15 is 0 Å². The van der Waals surface area contributed by atoms with Gasteiger partial charge in [0.1, 0.15) is 15.8 Å². The second-order valence-electron chi connectivity index (χ2n) is 7.33. The first kappa shape index (κ1) is 21.0. The van der Waals surface area contributed by atoms with Gasteiger partial charge in [-0.1, -0.05) is 43.4 Å². The number of ether oxygens (including phenoxy) is 1. The summed E-state index contributed by atoms with van der Waals surface area (Å²) in [5, 5.41) is 0. The predicted molar refractivity (Wildman–Crippen MR) is 124 cm³/mol. The van der Waals surface area contributed by atoms with Gasteiger partial charge in [-0.25, -0.2) is 4.98 Å². The predicted octanol–water partition coefficient (Wildman–Crippen LogP) is 2.84. The van der Waals surface area contributed by atoms with Gasteiger partial charge in [0.15, 0.2) is 0 Å². The molecule has 2 saturated heterocycles. The highest BCUT2D eigenvalue weighted by Gasteiger charge is 2.32. The van der Waals surface area contributed by atoms with Crippen molar-refractivity contribution in [1.29, 1.82) is 0 Å². The largest absolute Gasteiger partial charge is 0.378 e. The molecule has 2 aliphatic heterocycles. The summed E-state index contributed by atoms with van der Waals surface area (Å²) >= 11 is 6.66. The Morgan fingerprint density at radius 2 is 2.07 bits per heavy atom. The molecule has 0 saturated carbocycles. The molecule has 0 spiro atoms. The van der Waals surface area contributed by atoms with Gasteiger partial charge in [-0.15, -0.1) is 0 Å². The monoisotopic (exact) mass is 444 g/mol. The molecule has 0 atom stereocenters. The summed E-state index contributed by atoms with van der Waals surface area (Å²) in [6.45, 7) is 7.05. The normalized spacial score (nSPS) is 18.8. The Bertz CT molecular complexity index is 1090. The molecule has 0 aromatic carbocycles. The second kappa shape index (κ2) is 8.87. The molecule has 4 heterocycles. The van der Waals surface area contributed by atoms with Crippen LogP contribution in [0, 0.1) is 6.92 Å². The van der Waals surface area contributed by atoms with Crippen LogP contribution in [-0.2, 0) is 9.53 Å². The number of thioether (sulfide) groups is 1. The molecule has 0 radical (unpaired) electrons. The minimum Gasteiger partial charge on any atom is -0.378 e. The van der Waals surface area contributed by atoms with Gasteiger partial charge in [0, 0.05) is 25.8 Å². The Morgan fingerprint density at radius 3 is 2.80 bits per heavy atom. The maximum Gasteiger partial charge on any atom is 0.267 e. The highest BCUT2D eigenvalue weighted by atomic mass is 32.2. The molecule has 9 heteroatoms. The zero-order chi connectivity index (χ0) is 21.3. The van der Waals surface area contributed by atoms with Crippen molar-refractivity contribution in [3.8, 4) is 0 Å². The smallest absolute Gasteiger partial charge is 0.267 e. The zero-order valence-electron chi connectivity index (χ0n) is 17.1. The van der Waals surface area contributed by atoms with Crippen LogP contribution < -0.4 is 10.5 Å². The summed E-state index contributed by atoms with van der Waals surface area (Å²) in [6.07, 6.45) is 5.25. The van der Waals surface area contributed by atoms with Crippen molar-refractivity contribution in [2.75, 3.05) is 37.7 Å². The molecule has 2 aromatic heterocycles. The van der Waals surface area contributed by atoms with Gasteiger partial charge in [-0.2, -0.15) is 0 Å². The number of anilines is 1. The number of aryl methyl sites for hydroxylation is 1. The molecule has 2 aromatic rings. The van der Waals surface area contributed by atoms with Crippen molar-refractivity contribution in [2.45, 2.75) is 26.7 Å². The molecule has 30 heavy (non-hydrogen) atoms. The first-order chi connectivity index (χ1) is 14.5. The van der Waals surface area contributed by atoms with Crippen LogP contribution in [0.3, 0.4) is 0 Å². The van der Waals surface area contributed by atoms with Crippen LogP contribution in [0.2, 0.25) is 0 Å². The number of carbonyl (C=O) groups excluding carboxylic acids is 1. The lowest BCUT2D eigenvalue weighted by atomic mass is 10.2. The van der Waals surface area contributed by atoms with E-state index in [1.165, 1.54) is 11.8 Å². The van der Waals surface area contributed by atoms with Crippen molar-refractivity contribution in [2.24, 2.45) is 0 Å². The summed E-state index contributed by atoms with van der Waals surface area (Å²) in [7, 11) is 0. The lowest BCUT2D eigenvalue weighted by Crippen LogP contribution is -2.38. The number of nitrogens with zero attached hydrogens (tertiary/aromatic N) is 4. The quantitative estimate of drug-likeness (QED) is 0.519. The number of pyridine rings is 1. The lowest BCUT2D eigenvalue weighted by molar-refractivity contribution is -0.122. The van der Waals surface area contributed by atoms with E-state index in [0.29, 0.717) is 59.1 Å². The van der Waals surface area contributed by atoms with E-state index in [4.69, 9.17) is 21.9 Å². The molecule has 158 valence electrons. The molecule has 2 aliphatic rings. The molecular formula is C21H24N4O3S2. The van der Waals surface area contributed by atoms with Crippen LogP contribution >= 0.6 is 24.0 Å². The fraction of sp³-hybridized carbons (Fsp3) is 0.429. The van der Waals surface area contributed by atoms with Gasteiger partial charge >= 0.3 is 0 Å². The van der Waals surface area contributed by atoms with Crippen molar-refractivity contribution in [3.05, 3.63) is 44.7 Å². The molecule has 0 bridgehead atoms. The van der Waals surface area contributed by atoms with E-state index < -0.39 is 0 Å². The number of carbonyl (C=O) groups is 1. The number of rotatable bonds is 5. The molecule has 0 N–H and O–H groups in total. The van der Waals surface area contributed by atoms with Crippen LogP contribution in [0.1, 0.15) is 30.9 Å². The van der Waals surface area contributed by atoms with E-state index in [1.54, 1.807) is 21.6 Å². The van der Waals surface area contributed by atoms with E-state index in [1.807, 2.05) is 19.1 Å². The zero-order valence-corrected chi connectivity index (χ0v) is 18.7. The summed E-state index contributed by atoms with van der Waals surface area (Å²) in [4.78, 5) is 35.3. The fourth-order valence-electron chi connectivity index (χ4n) is 3.58. The third kappa shape index (κ3) is 3.89. The van der Waals surface area contributed by atoms with Crippen molar-refractivity contribution in [1.82, 2.24) is 14.3 Å². The van der Waals surface area contributed by atoms with Crippen LogP contribution in [0.4, 0.5) is 5.82 Å². The van der Waals surface area contributed by atoms with Gasteiger partial charge in [-0.3, -0.25) is 18.9 Å². The number of aromatic nitrogens is 2. The number of fused-ring (bicyclic) bond motifs is 1. The van der Waals surface area contributed by atoms with Gasteiger partial charge < -0.3 is 9.64 Å². The number of unbranched alkanes of at least 4 members (excludes halogenated alkanes) is 1. The van der Waals surface area contributed by atoms with Gasteiger partial charge in [-0.05, 0) is 31.1 Å². The third-order valence-electron chi connectivity index (χ3n) is 5.26. The van der Waals surface area contributed by atoms with Crippen LogP contribution in [0.15, 0.2) is 28.0 Å². The molecule has 1 amide bonds. The van der Waals surface area contributed by atoms with Crippen LogP contribution in [0.25, 0.3) is 11.7 Å². The molecule has 0 unspecified atom stereocenters. The third-order valence-corrected chi connectivity index (χ3v) is 6.64. The Kier molecular flexibility index (Phi) is 6.21. The Labute approximate surface area is 184 Å².